The minimum atomic E-state index is -4.63. The highest BCUT2D eigenvalue weighted by atomic mass is 19.4. The highest BCUT2D eigenvalue weighted by Crippen LogP contribution is 2.44. The van der Waals surface area contributed by atoms with Crippen molar-refractivity contribution < 1.29 is 23.1 Å². The molecule has 1 N–H and O–H groups in total. The molecule has 0 bridgehead atoms. The van der Waals surface area contributed by atoms with Crippen LogP contribution in [0, 0.1) is 13.8 Å². The Morgan fingerprint density at radius 2 is 1.74 bits per heavy atom. The van der Waals surface area contributed by atoms with Crippen molar-refractivity contribution in [3.8, 4) is 5.75 Å². The number of carbonyl (C=O) groups excluding carboxylic acids is 1. The normalized spacial score (nSPS) is 21.0. The van der Waals surface area contributed by atoms with E-state index in [4.69, 9.17) is 0 Å². The molecule has 1 amide bonds. The lowest BCUT2D eigenvalue weighted by Gasteiger charge is -2.41. The molecule has 1 saturated carbocycles. The van der Waals surface area contributed by atoms with Crippen LogP contribution in [0.1, 0.15) is 72.5 Å². The number of nitrogens with zero attached hydrogens (tertiary/aromatic N) is 3. The van der Waals surface area contributed by atoms with Crippen LogP contribution in [-0.4, -0.2) is 43.7 Å². The Hall–Kier alpha value is -2.84. The smallest absolute Gasteiger partial charge is 0.408 e. The Kier molecular flexibility index (Phi) is 6.02. The molecule has 0 unspecified atom stereocenters. The first-order chi connectivity index (χ1) is 15.8. The summed E-state index contributed by atoms with van der Waals surface area (Å²) in [5.41, 5.74) is 1.70. The van der Waals surface area contributed by atoms with Crippen molar-refractivity contribution in [2.24, 2.45) is 0 Å². The van der Waals surface area contributed by atoms with Crippen LogP contribution in [0.3, 0.4) is 0 Å². The van der Waals surface area contributed by atoms with Crippen molar-refractivity contribution in [2.45, 2.75) is 90.0 Å². The molecule has 6 nitrogen and oxygen atoms in total. The maximum atomic E-state index is 13.5. The summed E-state index contributed by atoms with van der Waals surface area (Å²) in [7, 11) is 0. The van der Waals surface area contributed by atoms with Gasteiger partial charge in [-0.1, -0.05) is 42.2 Å². The molecule has 1 aromatic heterocycles. The minimum Gasteiger partial charge on any atom is -0.501 e. The number of amides is 1. The van der Waals surface area contributed by atoms with Crippen molar-refractivity contribution in [3.63, 3.8) is 0 Å². The third-order valence-electron chi connectivity index (χ3n) is 7.38. The topological polar surface area (TPSA) is 75.4 Å². The predicted molar refractivity (Wildman–Crippen MR) is 121 cm³/mol. The Labute approximate surface area is 196 Å². The number of alkyl halides is 3. The van der Waals surface area contributed by atoms with Crippen LogP contribution in [0.4, 0.5) is 13.2 Å². The Bertz CT molecular complexity index is 1160. The third-order valence-corrected chi connectivity index (χ3v) is 7.38. The molecule has 184 valence electrons. The van der Waals surface area contributed by atoms with Crippen LogP contribution >= 0.6 is 0 Å². The van der Waals surface area contributed by atoms with Gasteiger partial charge in [0.15, 0.2) is 5.69 Å². The SMILES string of the molecule is Cc1cc(C)cc(C2(Cc3nc(=O)c(O)c4n3C[C@@H](C)N([C@H](C)C(F)(F)F)C4=O)CCCC2)c1. The van der Waals surface area contributed by atoms with Crippen LogP contribution in [0.2, 0.25) is 0 Å². The summed E-state index contributed by atoms with van der Waals surface area (Å²) in [6.45, 7) is 6.52. The van der Waals surface area contributed by atoms with Gasteiger partial charge in [0.2, 0.25) is 5.75 Å². The van der Waals surface area contributed by atoms with E-state index in [2.05, 4.69) is 23.2 Å². The van der Waals surface area contributed by atoms with Gasteiger partial charge < -0.3 is 14.6 Å². The first-order valence-corrected chi connectivity index (χ1v) is 11.6. The van der Waals surface area contributed by atoms with E-state index in [1.165, 1.54) is 11.5 Å². The highest BCUT2D eigenvalue weighted by Gasteiger charge is 2.48. The van der Waals surface area contributed by atoms with Gasteiger partial charge in [0, 0.05) is 24.4 Å². The quantitative estimate of drug-likeness (QED) is 0.708. The molecule has 9 heteroatoms. The summed E-state index contributed by atoms with van der Waals surface area (Å²) in [5, 5.41) is 10.4. The molecule has 34 heavy (non-hydrogen) atoms. The standard InChI is InChI=1S/C25H30F3N3O3/c1-14-9-15(2)11-18(10-14)24(7-5-6-8-24)12-19-29-22(33)21(32)20-23(34)31(16(3)13-30(19)20)17(4)25(26,27)28/h9-11,16-17,32H,5-8,12-13H2,1-4H3/t16-,17-/m1/s1. The van der Waals surface area contributed by atoms with E-state index in [1.54, 1.807) is 0 Å². The largest absolute Gasteiger partial charge is 0.501 e. The molecule has 0 radical (unpaired) electrons. The average molecular weight is 478 g/mol. The summed E-state index contributed by atoms with van der Waals surface area (Å²) in [5.74, 6) is -1.57. The van der Waals surface area contributed by atoms with Crippen LogP contribution < -0.4 is 5.56 Å². The third kappa shape index (κ3) is 4.09. The summed E-state index contributed by atoms with van der Waals surface area (Å²) >= 11 is 0. The molecule has 1 aliphatic heterocycles. The van der Waals surface area contributed by atoms with Crippen molar-refractivity contribution >= 4 is 5.91 Å². The Balaban J connectivity index is 1.83. The second kappa shape index (κ2) is 8.43. The molecular formula is C25H30F3N3O3. The fourth-order valence-corrected chi connectivity index (χ4v) is 5.73. The van der Waals surface area contributed by atoms with Gasteiger partial charge in [-0.3, -0.25) is 9.59 Å². The molecule has 1 aromatic carbocycles. The summed E-state index contributed by atoms with van der Waals surface area (Å²) in [6, 6.07) is 3.52. The van der Waals surface area contributed by atoms with Crippen molar-refractivity contribution in [3.05, 3.63) is 56.8 Å². The number of halogens is 3. The van der Waals surface area contributed by atoms with Gasteiger partial charge in [-0.25, -0.2) is 0 Å². The number of hydrogen-bond acceptors (Lipinski definition) is 4. The zero-order valence-electron chi connectivity index (χ0n) is 19.9. The van der Waals surface area contributed by atoms with E-state index in [0.717, 1.165) is 49.3 Å². The summed E-state index contributed by atoms with van der Waals surface area (Å²) < 4.78 is 41.8. The van der Waals surface area contributed by atoms with Crippen LogP contribution in [0.25, 0.3) is 0 Å². The van der Waals surface area contributed by atoms with E-state index in [1.807, 2.05) is 13.8 Å². The molecular weight excluding hydrogens is 447 g/mol. The molecule has 2 heterocycles. The number of aryl methyl sites for hydroxylation is 2. The molecule has 1 aliphatic carbocycles. The van der Waals surface area contributed by atoms with Gasteiger partial charge >= 0.3 is 11.7 Å². The van der Waals surface area contributed by atoms with Gasteiger partial charge in [-0.15, -0.1) is 0 Å². The number of hydrogen-bond donors (Lipinski definition) is 1. The lowest BCUT2D eigenvalue weighted by Crippen LogP contribution is -2.56. The highest BCUT2D eigenvalue weighted by molar-refractivity contribution is 5.96. The van der Waals surface area contributed by atoms with E-state index in [0.29, 0.717) is 17.1 Å². The zero-order chi connectivity index (χ0) is 25.0. The molecule has 2 aromatic rings. The fourth-order valence-electron chi connectivity index (χ4n) is 5.73. The summed E-state index contributed by atoms with van der Waals surface area (Å²) in [4.78, 5) is 30.6. The van der Waals surface area contributed by atoms with E-state index in [-0.39, 0.29) is 12.0 Å². The average Bonchev–Trinajstić information content (AvgIpc) is 3.20. The Morgan fingerprint density at radius 3 is 2.29 bits per heavy atom. The predicted octanol–water partition coefficient (Wildman–Crippen LogP) is 4.42. The van der Waals surface area contributed by atoms with Crippen molar-refractivity contribution in [1.82, 2.24) is 14.5 Å². The van der Waals surface area contributed by atoms with E-state index >= 15 is 0 Å². The summed E-state index contributed by atoms with van der Waals surface area (Å²) in [6.07, 6.45) is -0.490. The minimum absolute atomic E-state index is 0.0145. The van der Waals surface area contributed by atoms with Gasteiger partial charge in [0.25, 0.3) is 5.91 Å². The lowest BCUT2D eigenvalue weighted by molar-refractivity contribution is -0.177. The second-order valence-electron chi connectivity index (χ2n) is 9.96. The molecule has 0 spiro atoms. The monoisotopic (exact) mass is 477 g/mol. The van der Waals surface area contributed by atoms with Gasteiger partial charge in [-0.2, -0.15) is 18.2 Å². The lowest BCUT2D eigenvalue weighted by atomic mass is 9.75. The number of aromatic hydroxyl groups is 1. The number of rotatable bonds is 4. The maximum Gasteiger partial charge on any atom is 0.408 e. The van der Waals surface area contributed by atoms with Gasteiger partial charge in [0.1, 0.15) is 11.9 Å². The van der Waals surface area contributed by atoms with E-state index < -0.39 is 41.2 Å². The Morgan fingerprint density at radius 1 is 1.15 bits per heavy atom. The zero-order valence-corrected chi connectivity index (χ0v) is 19.9. The number of fused-ring (bicyclic) bond motifs is 1. The van der Waals surface area contributed by atoms with Gasteiger partial charge in [0.05, 0.1) is 0 Å². The fraction of sp³-hybridized carbons (Fsp3) is 0.560. The maximum absolute atomic E-state index is 13.5. The van der Waals surface area contributed by atoms with Crippen LogP contribution in [0.15, 0.2) is 23.0 Å². The number of benzene rings is 1. The van der Waals surface area contributed by atoms with Crippen molar-refractivity contribution in [1.29, 1.82) is 0 Å². The van der Waals surface area contributed by atoms with Crippen LogP contribution in [0.5, 0.6) is 5.75 Å². The van der Waals surface area contributed by atoms with Gasteiger partial charge in [-0.05, 0) is 46.1 Å². The second-order valence-corrected chi connectivity index (χ2v) is 9.96. The molecule has 4 rings (SSSR count). The molecule has 2 aliphatic rings. The number of carbonyl (C=O) groups is 1. The van der Waals surface area contributed by atoms with Crippen molar-refractivity contribution in [2.75, 3.05) is 0 Å². The number of aromatic nitrogens is 2. The van der Waals surface area contributed by atoms with E-state index in [9.17, 15) is 27.9 Å². The first kappa shape index (κ1) is 24.3. The van der Waals surface area contributed by atoms with Crippen LogP contribution in [-0.2, 0) is 18.4 Å². The molecule has 0 saturated heterocycles. The molecule has 2 atom stereocenters. The first-order valence-electron chi connectivity index (χ1n) is 11.6. The molecule has 1 fully saturated rings.